The number of hydrogen-bond acceptors (Lipinski definition) is 8. The van der Waals surface area contributed by atoms with E-state index in [1.807, 2.05) is 17.0 Å². The van der Waals surface area contributed by atoms with E-state index in [0.29, 0.717) is 11.6 Å². The molecule has 0 aromatic carbocycles. The molecule has 2 fully saturated rings. The van der Waals surface area contributed by atoms with Crippen LogP contribution in [-0.4, -0.2) is 69.7 Å². The van der Waals surface area contributed by atoms with Crippen molar-refractivity contribution in [1.82, 2.24) is 24.8 Å². The molecule has 0 bridgehead atoms. The van der Waals surface area contributed by atoms with Crippen LogP contribution in [0.2, 0.25) is 0 Å². The van der Waals surface area contributed by atoms with Gasteiger partial charge in [0.05, 0.1) is 0 Å². The molecule has 2 N–H and O–H groups in total. The summed E-state index contributed by atoms with van der Waals surface area (Å²) in [4.78, 5) is 35.3. The molecule has 0 spiro atoms. The van der Waals surface area contributed by atoms with Crippen LogP contribution in [0.1, 0.15) is 37.1 Å². The van der Waals surface area contributed by atoms with Crippen LogP contribution < -0.4 is 5.73 Å². The van der Waals surface area contributed by atoms with Crippen LogP contribution in [0.5, 0.6) is 0 Å². The Bertz CT molecular complexity index is 921. The first-order valence-electron chi connectivity index (χ1n) is 11.2. The van der Waals surface area contributed by atoms with Crippen molar-refractivity contribution in [2.45, 2.75) is 32.2 Å². The van der Waals surface area contributed by atoms with Crippen molar-refractivity contribution < 1.29 is 9.63 Å². The number of anilines is 1. The molecule has 0 unspecified atom stereocenters. The highest BCUT2D eigenvalue weighted by molar-refractivity contribution is 5.98. The number of nitrogens with zero attached hydrogens (tertiary/aromatic N) is 6. The molecule has 9 heteroatoms. The van der Waals surface area contributed by atoms with Crippen LogP contribution in [0.3, 0.4) is 0 Å². The molecule has 2 aliphatic heterocycles. The van der Waals surface area contributed by atoms with Gasteiger partial charge < -0.3 is 15.5 Å². The number of amides is 1. The number of rotatable bonds is 6. The standard InChI is InChI=1S/C23H31N7O2/c1-32-28-21(22-26-8-2-9-27-22)18-6-13-30(14-7-18)23(31)19-4-11-29(12-5-19)16-17-3-10-25-20(24)15-17/h2-3,8-10,15,18-19H,4-7,11-14,16H2,1H3,(H2,24,25)/b28-21-. The second-order valence-corrected chi connectivity index (χ2v) is 8.47. The third-order valence-electron chi connectivity index (χ3n) is 6.37. The Labute approximate surface area is 188 Å². The van der Waals surface area contributed by atoms with Gasteiger partial charge in [0.25, 0.3) is 0 Å². The van der Waals surface area contributed by atoms with Gasteiger partial charge in [0, 0.05) is 50.1 Å². The SMILES string of the molecule is CO/N=C(\c1ncccn1)C1CCN(C(=O)C2CCN(Cc3ccnc(N)c3)CC2)CC1. The van der Waals surface area contributed by atoms with Crippen molar-refractivity contribution in [3.8, 4) is 0 Å². The minimum atomic E-state index is 0.106. The van der Waals surface area contributed by atoms with E-state index in [-0.39, 0.29) is 17.7 Å². The lowest BCUT2D eigenvalue weighted by Gasteiger charge is -2.37. The van der Waals surface area contributed by atoms with Gasteiger partial charge in [-0.25, -0.2) is 15.0 Å². The molecule has 2 aromatic rings. The van der Waals surface area contributed by atoms with E-state index < -0.39 is 0 Å². The number of carbonyl (C=O) groups excluding carboxylic acids is 1. The van der Waals surface area contributed by atoms with E-state index in [0.717, 1.165) is 64.1 Å². The fraction of sp³-hybridized carbons (Fsp3) is 0.522. The van der Waals surface area contributed by atoms with E-state index in [1.54, 1.807) is 24.7 Å². The van der Waals surface area contributed by atoms with Crippen LogP contribution in [-0.2, 0) is 16.2 Å². The topological polar surface area (TPSA) is 110 Å². The predicted octanol–water partition coefficient (Wildman–Crippen LogP) is 1.96. The van der Waals surface area contributed by atoms with Crippen molar-refractivity contribution >= 4 is 17.4 Å². The monoisotopic (exact) mass is 437 g/mol. The van der Waals surface area contributed by atoms with Gasteiger partial charge in [-0.05, 0) is 62.5 Å². The lowest BCUT2D eigenvalue weighted by Crippen LogP contribution is -2.46. The summed E-state index contributed by atoms with van der Waals surface area (Å²) in [6.07, 6.45) is 8.64. The zero-order valence-corrected chi connectivity index (χ0v) is 18.6. The van der Waals surface area contributed by atoms with Gasteiger partial charge in [0.1, 0.15) is 18.6 Å². The Hall–Kier alpha value is -3.07. The first-order chi connectivity index (χ1) is 15.6. The highest BCUT2D eigenvalue weighted by Crippen LogP contribution is 2.26. The molecule has 0 aliphatic carbocycles. The van der Waals surface area contributed by atoms with Crippen molar-refractivity contribution in [2.24, 2.45) is 17.0 Å². The summed E-state index contributed by atoms with van der Waals surface area (Å²) in [6.45, 7) is 4.16. The molecule has 2 aliphatic rings. The number of nitrogen functional groups attached to an aromatic ring is 1. The zero-order chi connectivity index (χ0) is 22.3. The highest BCUT2D eigenvalue weighted by Gasteiger charge is 2.33. The molecule has 4 heterocycles. The van der Waals surface area contributed by atoms with Gasteiger partial charge >= 0.3 is 0 Å². The fourth-order valence-electron chi connectivity index (χ4n) is 4.65. The molecular weight excluding hydrogens is 406 g/mol. The number of oxime groups is 1. The van der Waals surface area contributed by atoms with E-state index >= 15 is 0 Å². The van der Waals surface area contributed by atoms with Gasteiger partial charge in [-0.1, -0.05) is 5.16 Å². The molecule has 4 rings (SSSR count). The summed E-state index contributed by atoms with van der Waals surface area (Å²) >= 11 is 0. The lowest BCUT2D eigenvalue weighted by molar-refractivity contribution is -0.138. The maximum absolute atomic E-state index is 13.1. The Morgan fingerprint density at radius 3 is 2.41 bits per heavy atom. The van der Waals surface area contributed by atoms with E-state index in [1.165, 1.54) is 12.7 Å². The Morgan fingerprint density at radius 1 is 1.06 bits per heavy atom. The summed E-state index contributed by atoms with van der Waals surface area (Å²) in [7, 11) is 1.54. The van der Waals surface area contributed by atoms with Crippen molar-refractivity contribution in [2.75, 3.05) is 39.0 Å². The molecule has 2 aromatic heterocycles. The van der Waals surface area contributed by atoms with Crippen molar-refractivity contribution in [3.63, 3.8) is 0 Å². The molecule has 170 valence electrons. The second-order valence-electron chi connectivity index (χ2n) is 8.47. The summed E-state index contributed by atoms with van der Waals surface area (Å²) in [5.74, 6) is 1.74. The zero-order valence-electron chi connectivity index (χ0n) is 18.6. The summed E-state index contributed by atoms with van der Waals surface area (Å²) < 4.78 is 0. The summed E-state index contributed by atoms with van der Waals surface area (Å²) in [5, 5.41) is 4.20. The number of piperidine rings is 2. The van der Waals surface area contributed by atoms with Crippen molar-refractivity contribution in [1.29, 1.82) is 0 Å². The largest absolute Gasteiger partial charge is 0.399 e. The molecule has 9 nitrogen and oxygen atoms in total. The number of aromatic nitrogens is 3. The Kier molecular flexibility index (Phi) is 7.26. The number of pyridine rings is 1. The molecule has 0 saturated carbocycles. The quantitative estimate of drug-likeness (QED) is 0.543. The highest BCUT2D eigenvalue weighted by atomic mass is 16.6. The third-order valence-corrected chi connectivity index (χ3v) is 6.37. The predicted molar refractivity (Wildman–Crippen MR) is 122 cm³/mol. The summed E-state index contributed by atoms with van der Waals surface area (Å²) in [6, 6.07) is 5.70. The average molecular weight is 438 g/mol. The molecule has 0 radical (unpaired) electrons. The number of carbonyl (C=O) groups is 1. The van der Waals surface area contributed by atoms with Gasteiger partial charge in [-0.2, -0.15) is 0 Å². The van der Waals surface area contributed by atoms with Gasteiger partial charge in [-0.3, -0.25) is 9.69 Å². The second kappa shape index (κ2) is 10.5. The Morgan fingerprint density at radius 2 is 1.75 bits per heavy atom. The molecule has 2 saturated heterocycles. The van der Waals surface area contributed by atoms with Gasteiger partial charge in [0.2, 0.25) is 5.91 Å². The van der Waals surface area contributed by atoms with Crippen LogP contribution >= 0.6 is 0 Å². The van der Waals surface area contributed by atoms with E-state index in [2.05, 4.69) is 25.0 Å². The summed E-state index contributed by atoms with van der Waals surface area (Å²) in [5.41, 5.74) is 7.72. The average Bonchev–Trinajstić information content (AvgIpc) is 2.83. The van der Waals surface area contributed by atoms with Crippen LogP contribution in [0.15, 0.2) is 41.9 Å². The maximum atomic E-state index is 13.1. The molecule has 1 amide bonds. The smallest absolute Gasteiger partial charge is 0.225 e. The van der Waals surface area contributed by atoms with Gasteiger partial charge in [0.15, 0.2) is 5.82 Å². The van der Waals surface area contributed by atoms with Crippen LogP contribution in [0.25, 0.3) is 0 Å². The third kappa shape index (κ3) is 5.40. The lowest BCUT2D eigenvalue weighted by atomic mass is 9.89. The molecule has 32 heavy (non-hydrogen) atoms. The van der Waals surface area contributed by atoms with E-state index in [4.69, 9.17) is 10.6 Å². The van der Waals surface area contributed by atoms with Gasteiger partial charge in [-0.15, -0.1) is 0 Å². The first-order valence-corrected chi connectivity index (χ1v) is 11.2. The van der Waals surface area contributed by atoms with Crippen molar-refractivity contribution in [3.05, 3.63) is 48.2 Å². The minimum Gasteiger partial charge on any atom is -0.399 e. The Balaban J connectivity index is 1.27. The van der Waals surface area contributed by atoms with Crippen LogP contribution in [0, 0.1) is 11.8 Å². The fourth-order valence-corrected chi connectivity index (χ4v) is 4.65. The molecular formula is C23H31N7O2. The normalized spacial score (nSPS) is 19.2. The van der Waals surface area contributed by atoms with E-state index in [9.17, 15) is 4.79 Å². The minimum absolute atomic E-state index is 0.106. The van der Waals surface area contributed by atoms with Crippen LogP contribution in [0.4, 0.5) is 5.82 Å². The number of likely N-dealkylation sites (tertiary alicyclic amines) is 2. The number of hydrogen-bond donors (Lipinski definition) is 1. The first kappa shape index (κ1) is 22.1. The maximum Gasteiger partial charge on any atom is 0.225 e. The molecule has 0 atom stereocenters. The number of nitrogens with two attached hydrogens (primary N) is 1.